The summed E-state index contributed by atoms with van der Waals surface area (Å²) in [6.45, 7) is 0.420. The third-order valence-electron chi connectivity index (χ3n) is 3.06. The molecule has 6 nitrogen and oxygen atoms in total. The molecule has 3 N–H and O–H groups in total. The number of nitrogens with one attached hydrogen (secondary N) is 2. The van der Waals surface area contributed by atoms with Crippen LogP contribution in [0.25, 0.3) is 0 Å². The molecule has 0 aliphatic carbocycles. The van der Waals surface area contributed by atoms with Gasteiger partial charge in [0.15, 0.2) is 0 Å². The van der Waals surface area contributed by atoms with Gasteiger partial charge in [-0.15, -0.1) is 0 Å². The fourth-order valence-corrected chi connectivity index (χ4v) is 1.99. The van der Waals surface area contributed by atoms with Crippen molar-refractivity contribution in [2.24, 2.45) is 5.92 Å². The maximum absolute atomic E-state index is 12.9. The lowest BCUT2D eigenvalue weighted by Crippen LogP contribution is -2.47. The molecule has 2 atom stereocenters. The SMILES string of the molecule is O=C(NCc1cccc(F)c1)NC1COCC1C(=O)O. The van der Waals surface area contributed by atoms with Gasteiger partial charge in [0.2, 0.25) is 0 Å². The van der Waals surface area contributed by atoms with Crippen LogP contribution in [0.4, 0.5) is 9.18 Å². The molecule has 0 bridgehead atoms. The van der Waals surface area contributed by atoms with Crippen molar-refractivity contribution in [3.63, 3.8) is 0 Å². The van der Waals surface area contributed by atoms with Gasteiger partial charge in [0, 0.05) is 6.54 Å². The second-order valence-corrected chi connectivity index (χ2v) is 4.55. The minimum atomic E-state index is -1.00. The van der Waals surface area contributed by atoms with E-state index in [4.69, 9.17) is 9.84 Å². The Morgan fingerprint density at radius 3 is 2.90 bits per heavy atom. The van der Waals surface area contributed by atoms with Crippen molar-refractivity contribution >= 4 is 12.0 Å². The lowest BCUT2D eigenvalue weighted by atomic mass is 10.0. The molecule has 108 valence electrons. The quantitative estimate of drug-likeness (QED) is 0.759. The maximum atomic E-state index is 12.9. The standard InChI is InChI=1S/C13H15FN2O4/c14-9-3-1-2-8(4-9)5-15-13(19)16-11-7-20-6-10(11)12(17)18/h1-4,10-11H,5-7H2,(H,17,18)(H2,15,16,19). The molecule has 0 saturated carbocycles. The molecule has 1 fully saturated rings. The van der Waals surface area contributed by atoms with E-state index >= 15 is 0 Å². The first-order chi connectivity index (χ1) is 9.56. The van der Waals surface area contributed by atoms with Crippen LogP contribution in [0.3, 0.4) is 0 Å². The molecular weight excluding hydrogens is 267 g/mol. The summed E-state index contributed by atoms with van der Waals surface area (Å²) in [4.78, 5) is 22.6. The molecule has 20 heavy (non-hydrogen) atoms. The number of ether oxygens (including phenoxy) is 1. The Morgan fingerprint density at radius 2 is 2.20 bits per heavy atom. The van der Waals surface area contributed by atoms with E-state index in [1.54, 1.807) is 12.1 Å². The highest BCUT2D eigenvalue weighted by Crippen LogP contribution is 2.13. The van der Waals surface area contributed by atoms with E-state index < -0.39 is 24.0 Å². The normalized spacial score (nSPS) is 21.4. The van der Waals surface area contributed by atoms with Crippen LogP contribution in [0.15, 0.2) is 24.3 Å². The molecule has 0 radical (unpaired) electrons. The van der Waals surface area contributed by atoms with E-state index in [0.29, 0.717) is 5.56 Å². The fraction of sp³-hybridized carbons (Fsp3) is 0.385. The summed E-state index contributed by atoms with van der Waals surface area (Å²) in [5.41, 5.74) is 0.623. The van der Waals surface area contributed by atoms with Gasteiger partial charge in [-0.05, 0) is 17.7 Å². The lowest BCUT2D eigenvalue weighted by molar-refractivity contribution is -0.142. The van der Waals surface area contributed by atoms with Crippen LogP contribution in [-0.4, -0.2) is 36.4 Å². The topological polar surface area (TPSA) is 87.7 Å². The van der Waals surface area contributed by atoms with E-state index in [-0.39, 0.29) is 25.6 Å². The first-order valence-electron chi connectivity index (χ1n) is 6.15. The van der Waals surface area contributed by atoms with Crippen molar-refractivity contribution in [1.82, 2.24) is 10.6 Å². The lowest BCUT2D eigenvalue weighted by Gasteiger charge is -2.16. The van der Waals surface area contributed by atoms with Crippen molar-refractivity contribution in [3.8, 4) is 0 Å². The summed E-state index contributed by atoms with van der Waals surface area (Å²) in [7, 11) is 0. The fourth-order valence-electron chi connectivity index (χ4n) is 1.99. The van der Waals surface area contributed by atoms with Gasteiger partial charge in [0.05, 0.1) is 19.3 Å². The molecule has 2 rings (SSSR count). The highest BCUT2D eigenvalue weighted by Gasteiger charge is 2.34. The monoisotopic (exact) mass is 282 g/mol. The number of carbonyl (C=O) groups excluding carboxylic acids is 1. The molecular formula is C13H15FN2O4. The van der Waals surface area contributed by atoms with E-state index in [1.807, 2.05) is 0 Å². The van der Waals surface area contributed by atoms with Gasteiger partial charge in [-0.3, -0.25) is 4.79 Å². The van der Waals surface area contributed by atoms with Gasteiger partial charge in [-0.2, -0.15) is 0 Å². The number of aliphatic carboxylic acids is 1. The van der Waals surface area contributed by atoms with Gasteiger partial charge in [0.1, 0.15) is 11.7 Å². The summed E-state index contributed by atoms with van der Waals surface area (Å²) in [6, 6.07) is 4.81. The van der Waals surface area contributed by atoms with Gasteiger partial charge in [-0.1, -0.05) is 12.1 Å². The highest BCUT2D eigenvalue weighted by atomic mass is 19.1. The summed E-state index contributed by atoms with van der Waals surface area (Å²) in [6.07, 6.45) is 0. The second-order valence-electron chi connectivity index (χ2n) is 4.55. The highest BCUT2D eigenvalue weighted by molar-refractivity contribution is 5.77. The predicted octanol–water partition coefficient (Wildman–Crippen LogP) is 0.724. The molecule has 1 aromatic carbocycles. The average Bonchev–Trinajstić information content (AvgIpc) is 2.85. The van der Waals surface area contributed by atoms with Crippen molar-refractivity contribution < 1.29 is 23.8 Å². The second kappa shape index (κ2) is 6.33. The maximum Gasteiger partial charge on any atom is 0.315 e. The molecule has 7 heteroatoms. The van der Waals surface area contributed by atoms with E-state index in [0.717, 1.165) is 0 Å². The molecule has 0 aromatic heterocycles. The Labute approximate surface area is 114 Å². The van der Waals surface area contributed by atoms with Crippen LogP contribution >= 0.6 is 0 Å². The molecule has 1 aromatic rings. The van der Waals surface area contributed by atoms with Crippen LogP contribution in [-0.2, 0) is 16.1 Å². The number of rotatable bonds is 4. The number of benzene rings is 1. The zero-order chi connectivity index (χ0) is 14.5. The summed E-state index contributed by atoms with van der Waals surface area (Å²) in [5.74, 6) is -2.12. The third kappa shape index (κ3) is 3.67. The number of urea groups is 1. The van der Waals surface area contributed by atoms with Gasteiger partial charge < -0.3 is 20.5 Å². The van der Waals surface area contributed by atoms with Crippen LogP contribution in [0.2, 0.25) is 0 Å². The Kier molecular flexibility index (Phi) is 4.52. The van der Waals surface area contributed by atoms with Crippen LogP contribution in [0.5, 0.6) is 0 Å². The predicted molar refractivity (Wildman–Crippen MR) is 67.5 cm³/mol. The van der Waals surface area contributed by atoms with Gasteiger partial charge >= 0.3 is 12.0 Å². The number of carboxylic acids is 1. The van der Waals surface area contributed by atoms with Crippen molar-refractivity contribution in [3.05, 3.63) is 35.6 Å². The summed E-state index contributed by atoms with van der Waals surface area (Å²) < 4.78 is 18.0. The molecule has 2 unspecified atom stereocenters. The van der Waals surface area contributed by atoms with Crippen molar-refractivity contribution in [2.75, 3.05) is 13.2 Å². The number of amides is 2. The molecule has 0 spiro atoms. The van der Waals surface area contributed by atoms with E-state index in [9.17, 15) is 14.0 Å². The average molecular weight is 282 g/mol. The first-order valence-corrected chi connectivity index (χ1v) is 6.15. The zero-order valence-corrected chi connectivity index (χ0v) is 10.6. The Bertz CT molecular complexity index is 509. The Balaban J connectivity index is 1.82. The Hall–Kier alpha value is -2.15. The minimum absolute atomic E-state index is 0.0875. The molecule has 1 saturated heterocycles. The van der Waals surface area contributed by atoms with E-state index in [2.05, 4.69) is 10.6 Å². The first kappa shape index (κ1) is 14.3. The number of carbonyl (C=O) groups is 2. The molecule has 1 aliphatic heterocycles. The van der Waals surface area contributed by atoms with E-state index in [1.165, 1.54) is 12.1 Å². The number of hydrogen-bond donors (Lipinski definition) is 3. The summed E-state index contributed by atoms with van der Waals surface area (Å²) in [5, 5.41) is 14.0. The minimum Gasteiger partial charge on any atom is -0.481 e. The molecule has 1 heterocycles. The number of hydrogen-bond acceptors (Lipinski definition) is 3. The molecule has 1 aliphatic rings. The van der Waals surface area contributed by atoms with Crippen molar-refractivity contribution in [2.45, 2.75) is 12.6 Å². The van der Waals surface area contributed by atoms with Gasteiger partial charge in [0.25, 0.3) is 0 Å². The molecule has 2 amide bonds. The largest absolute Gasteiger partial charge is 0.481 e. The third-order valence-corrected chi connectivity index (χ3v) is 3.06. The van der Waals surface area contributed by atoms with Crippen molar-refractivity contribution in [1.29, 1.82) is 0 Å². The van der Waals surface area contributed by atoms with Crippen LogP contribution in [0.1, 0.15) is 5.56 Å². The zero-order valence-electron chi connectivity index (χ0n) is 10.6. The van der Waals surface area contributed by atoms with Crippen LogP contribution in [0, 0.1) is 11.7 Å². The number of carboxylic acid groups (broad SMARTS) is 1. The summed E-state index contributed by atoms with van der Waals surface area (Å²) >= 11 is 0. The van der Waals surface area contributed by atoms with Gasteiger partial charge in [-0.25, -0.2) is 9.18 Å². The Morgan fingerprint density at radius 1 is 1.40 bits per heavy atom. The number of halogens is 1. The smallest absolute Gasteiger partial charge is 0.315 e. The van der Waals surface area contributed by atoms with Crippen LogP contribution < -0.4 is 10.6 Å².